The molecule has 1 heterocycles. The van der Waals surface area contributed by atoms with Crippen molar-refractivity contribution in [1.29, 1.82) is 0 Å². The summed E-state index contributed by atoms with van der Waals surface area (Å²) in [6.45, 7) is 2.05. The van der Waals surface area contributed by atoms with Crippen molar-refractivity contribution in [2.24, 2.45) is 0 Å². The molecule has 1 aromatic carbocycles. The number of carboxylic acids is 1. The smallest absolute Gasteiger partial charge is 0.326 e. The summed E-state index contributed by atoms with van der Waals surface area (Å²) in [6.07, 6.45) is 0.976. The van der Waals surface area contributed by atoms with E-state index in [2.05, 4.69) is 10.6 Å². The molecule has 0 radical (unpaired) electrons. The van der Waals surface area contributed by atoms with E-state index in [0.29, 0.717) is 13.0 Å². The Bertz CT molecular complexity index is 479. The van der Waals surface area contributed by atoms with E-state index in [1.807, 2.05) is 24.3 Å². The fourth-order valence-corrected chi connectivity index (χ4v) is 2.12. The van der Waals surface area contributed by atoms with Crippen molar-refractivity contribution in [3.05, 3.63) is 29.8 Å². The van der Waals surface area contributed by atoms with E-state index in [4.69, 9.17) is 9.84 Å². The molecule has 2 atom stereocenters. The number of rotatable bonds is 5. The molecule has 0 bridgehead atoms. The molecule has 0 saturated heterocycles. The highest BCUT2D eigenvalue weighted by Crippen LogP contribution is 2.27. The highest BCUT2D eigenvalue weighted by atomic mass is 16.5. The van der Waals surface area contributed by atoms with Crippen LogP contribution in [0.3, 0.4) is 0 Å². The number of urea groups is 1. The molecule has 6 nitrogen and oxygen atoms in total. The maximum atomic E-state index is 11.6. The predicted molar refractivity (Wildman–Crippen MR) is 72.8 cm³/mol. The van der Waals surface area contributed by atoms with Gasteiger partial charge in [0.2, 0.25) is 0 Å². The molecule has 1 aliphatic rings. The molecule has 6 heteroatoms. The SMILES string of the molecule is CC[C@H](NC(=O)NCC1Cc2ccccc2O1)C(=O)O. The number of amides is 2. The number of nitrogens with one attached hydrogen (secondary N) is 2. The molecule has 0 aliphatic carbocycles. The Morgan fingerprint density at radius 3 is 2.85 bits per heavy atom. The number of benzene rings is 1. The minimum absolute atomic E-state index is 0.108. The predicted octanol–water partition coefficient (Wildman–Crippen LogP) is 1.15. The molecular weight excluding hydrogens is 260 g/mol. The van der Waals surface area contributed by atoms with Gasteiger partial charge in [-0.3, -0.25) is 0 Å². The Balaban J connectivity index is 1.77. The number of aliphatic carboxylic acids is 1. The second-order valence-corrected chi connectivity index (χ2v) is 4.71. The van der Waals surface area contributed by atoms with Crippen LogP contribution >= 0.6 is 0 Å². The van der Waals surface area contributed by atoms with Crippen molar-refractivity contribution in [2.75, 3.05) is 6.54 Å². The molecular formula is C14H18N2O4. The number of fused-ring (bicyclic) bond motifs is 1. The van der Waals surface area contributed by atoms with E-state index in [1.54, 1.807) is 6.92 Å². The van der Waals surface area contributed by atoms with E-state index < -0.39 is 18.0 Å². The summed E-state index contributed by atoms with van der Waals surface area (Å²) in [5.74, 6) is -0.191. The summed E-state index contributed by atoms with van der Waals surface area (Å²) in [4.78, 5) is 22.4. The molecule has 0 saturated carbocycles. The summed E-state index contributed by atoms with van der Waals surface area (Å²) in [6, 6.07) is 6.39. The molecule has 0 aromatic heterocycles. The number of hydrogen-bond acceptors (Lipinski definition) is 3. The van der Waals surface area contributed by atoms with Crippen LogP contribution in [0.15, 0.2) is 24.3 Å². The standard InChI is InChI=1S/C14H18N2O4/c1-2-11(13(17)18)16-14(19)15-8-10-7-9-5-3-4-6-12(9)20-10/h3-6,10-11H,2,7-8H2,1H3,(H,17,18)(H2,15,16,19)/t10?,11-/m0/s1. The summed E-state index contributed by atoms with van der Waals surface area (Å²) >= 11 is 0. The Morgan fingerprint density at radius 1 is 1.45 bits per heavy atom. The quantitative estimate of drug-likeness (QED) is 0.754. The maximum Gasteiger partial charge on any atom is 0.326 e. The van der Waals surface area contributed by atoms with E-state index >= 15 is 0 Å². The van der Waals surface area contributed by atoms with Gasteiger partial charge in [0.1, 0.15) is 17.9 Å². The number of hydrogen-bond donors (Lipinski definition) is 3. The lowest BCUT2D eigenvalue weighted by molar-refractivity contribution is -0.139. The summed E-state index contributed by atoms with van der Waals surface area (Å²) < 4.78 is 5.68. The third-order valence-corrected chi connectivity index (χ3v) is 3.22. The molecule has 1 unspecified atom stereocenters. The highest BCUT2D eigenvalue weighted by molar-refractivity contribution is 5.82. The van der Waals surface area contributed by atoms with Gasteiger partial charge in [-0.2, -0.15) is 0 Å². The van der Waals surface area contributed by atoms with Gasteiger partial charge >= 0.3 is 12.0 Å². The first-order valence-corrected chi connectivity index (χ1v) is 6.62. The highest BCUT2D eigenvalue weighted by Gasteiger charge is 2.23. The molecule has 2 amide bonds. The van der Waals surface area contributed by atoms with Crippen LogP contribution < -0.4 is 15.4 Å². The van der Waals surface area contributed by atoms with Gasteiger partial charge in [0.05, 0.1) is 6.54 Å². The van der Waals surface area contributed by atoms with Crippen molar-refractivity contribution < 1.29 is 19.4 Å². The number of para-hydroxylation sites is 1. The lowest BCUT2D eigenvalue weighted by atomic mass is 10.1. The zero-order chi connectivity index (χ0) is 14.5. The Kier molecular flexibility index (Phi) is 4.45. The largest absolute Gasteiger partial charge is 0.488 e. The third-order valence-electron chi connectivity index (χ3n) is 3.22. The second-order valence-electron chi connectivity index (χ2n) is 4.71. The van der Waals surface area contributed by atoms with Crippen molar-refractivity contribution in [2.45, 2.75) is 31.9 Å². The van der Waals surface area contributed by atoms with Crippen LogP contribution in [0.5, 0.6) is 5.75 Å². The van der Waals surface area contributed by atoms with Crippen LogP contribution in [0.1, 0.15) is 18.9 Å². The van der Waals surface area contributed by atoms with Gasteiger partial charge in [0, 0.05) is 6.42 Å². The minimum Gasteiger partial charge on any atom is -0.488 e. The molecule has 108 valence electrons. The molecule has 0 spiro atoms. The lowest BCUT2D eigenvalue weighted by Crippen LogP contribution is -2.47. The fraction of sp³-hybridized carbons (Fsp3) is 0.429. The van der Waals surface area contributed by atoms with Crippen molar-refractivity contribution in [1.82, 2.24) is 10.6 Å². The second kappa shape index (κ2) is 6.27. The molecule has 3 N–H and O–H groups in total. The van der Waals surface area contributed by atoms with Gasteiger partial charge in [0.25, 0.3) is 0 Å². The number of carbonyl (C=O) groups is 2. The van der Waals surface area contributed by atoms with Crippen LogP contribution in [0, 0.1) is 0 Å². The van der Waals surface area contributed by atoms with Crippen LogP contribution in [0.25, 0.3) is 0 Å². The average Bonchev–Trinajstić information content (AvgIpc) is 2.85. The number of ether oxygens (including phenoxy) is 1. The zero-order valence-corrected chi connectivity index (χ0v) is 11.3. The summed E-state index contributed by atoms with van der Waals surface area (Å²) in [5.41, 5.74) is 1.12. The Hall–Kier alpha value is -2.24. The normalized spacial score (nSPS) is 17.8. The monoisotopic (exact) mass is 278 g/mol. The molecule has 1 aromatic rings. The number of carbonyl (C=O) groups excluding carboxylic acids is 1. The zero-order valence-electron chi connectivity index (χ0n) is 11.3. The lowest BCUT2D eigenvalue weighted by Gasteiger charge is -2.15. The van der Waals surface area contributed by atoms with Crippen LogP contribution in [0.4, 0.5) is 4.79 Å². The molecule has 2 rings (SSSR count). The van der Waals surface area contributed by atoms with Gasteiger partial charge in [-0.25, -0.2) is 9.59 Å². The van der Waals surface area contributed by atoms with E-state index in [1.165, 1.54) is 0 Å². The summed E-state index contributed by atoms with van der Waals surface area (Å²) in [5, 5.41) is 13.9. The average molecular weight is 278 g/mol. The van der Waals surface area contributed by atoms with Gasteiger partial charge in [-0.1, -0.05) is 25.1 Å². The third kappa shape index (κ3) is 3.40. The molecule has 0 fully saturated rings. The first kappa shape index (κ1) is 14.2. The molecule has 20 heavy (non-hydrogen) atoms. The first-order valence-electron chi connectivity index (χ1n) is 6.62. The van der Waals surface area contributed by atoms with E-state index in [9.17, 15) is 9.59 Å². The van der Waals surface area contributed by atoms with E-state index in [0.717, 1.165) is 17.7 Å². The minimum atomic E-state index is -1.04. The maximum absolute atomic E-state index is 11.6. The first-order chi connectivity index (χ1) is 9.60. The van der Waals surface area contributed by atoms with Crippen molar-refractivity contribution in [3.8, 4) is 5.75 Å². The van der Waals surface area contributed by atoms with Crippen molar-refractivity contribution in [3.63, 3.8) is 0 Å². The van der Waals surface area contributed by atoms with Crippen LogP contribution in [-0.4, -0.2) is 35.8 Å². The van der Waals surface area contributed by atoms with E-state index in [-0.39, 0.29) is 6.10 Å². The van der Waals surface area contributed by atoms with Crippen LogP contribution in [0.2, 0.25) is 0 Å². The van der Waals surface area contributed by atoms with Gasteiger partial charge < -0.3 is 20.5 Å². The summed E-state index contributed by atoms with van der Waals surface area (Å²) in [7, 11) is 0. The van der Waals surface area contributed by atoms with Crippen LogP contribution in [-0.2, 0) is 11.2 Å². The topological polar surface area (TPSA) is 87.7 Å². The van der Waals surface area contributed by atoms with Gasteiger partial charge in [0.15, 0.2) is 0 Å². The Labute approximate surface area is 117 Å². The Morgan fingerprint density at radius 2 is 2.20 bits per heavy atom. The van der Waals surface area contributed by atoms with Gasteiger partial charge in [-0.15, -0.1) is 0 Å². The van der Waals surface area contributed by atoms with Gasteiger partial charge in [-0.05, 0) is 18.1 Å². The number of carboxylic acid groups (broad SMARTS) is 1. The molecule has 1 aliphatic heterocycles. The van der Waals surface area contributed by atoms with Crippen molar-refractivity contribution >= 4 is 12.0 Å². The fourth-order valence-electron chi connectivity index (χ4n) is 2.12.